The molecule has 1 aromatic heterocycles. The van der Waals surface area contributed by atoms with Crippen molar-refractivity contribution in [1.82, 2.24) is 20.0 Å². The summed E-state index contributed by atoms with van der Waals surface area (Å²) in [6, 6.07) is 3.38. The van der Waals surface area contributed by atoms with Crippen molar-refractivity contribution in [2.75, 3.05) is 59.9 Å². The molecule has 7 nitrogen and oxygen atoms in total. The van der Waals surface area contributed by atoms with E-state index in [1.54, 1.807) is 17.0 Å². The maximum Gasteiger partial charge on any atom is 0.289 e. The molecule has 0 radical (unpaired) electrons. The average molecular weight is 308 g/mol. The molecule has 0 aliphatic carbocycles. The van der Waals surface area contributed by atoms with E-state index in [2.05, 4.69) is 10.2 Å². The molecule has 0 bridgehead atoms. The molecule has 2 heterocycles. The minimum atomic E-state index is -0.0833. The molecule has 1 fully saturated rings. The monoisotopic (exact) mass is 308 g/mol. The Bertz CT molecular complexity index is 479. The van der Waals surface area contributed by atoms with E-state index in [1.807, 2.05) is 19.0 Å². The topological polar surface area (TPSA) is 69.0 Å². The largest absolute Gasteiger partial charge is 0.459 e. The van der Waals surface area contributed by atoms with Crippen molar-refractivity contribution in [3.63, 3.8) is 0 Å². The summed E-state index contributed by atoms with van der Waals surface area (Å²) < 4.78 is 5.13. The lowest BCUT2D eigenvalue weighted by Crippen LogP contribution is -2.51. The number of carbonyl (C=O) groups is 2. The van der Waals surface area contributed by atoms with E-state index >= 15 is 0 Å². The van der Waals surface area contributed by atoms with Gasteiger partial charge in [0.2, 0.25) is 5.91 Å². The molecule has 1 aliphatic heterocycles. The first-order chi connectivity index (χ1) is 10.6. The zero-order chi connectivity index (χ0) is 15.9. The average Bonchev–Trinajstić information content (AvgIpc) is 3.01. The van der Waals surface area contributed by atoms with E-state index in [0.717, 1.165) is 6.54 Å². The molecular weight excluding hydrogens is 284 g/mol. The standard InChI is InChI=1S/C15H24N4O3/c1-17(2)6-5-16-14(20)12-18-7-9-19(10-8-18)15(21)13-4-3-11-22-13/h3-4,11H,5-10,12H2,1-2H3,(H,16,20). The Kier molecular flexibility index (Phi) is 5.97. The molecule has 0 spiro atoms. The summed E-state index contributed by atoms with van der Waals surface area (Å²) >= 11 is 0. The van der Waals surface area contributed by atoms with Crippen LogP contribution in [0.1, 0.15) is 10.6 Å². The number of likely N-dealkylation sites (N-methyl/N-ethyl adjacent to an activating group) is 1. The smallest absolute Gasteiger partial charge is 0.289 e. The molecule has 2 rings (SSSR count). The molecule has 1 saturated heterocycles. The first-order valence-corrected chi connectivity index (χ1v) is 7.53. The fourth-order valence-corrected chi connectivity index (χ4v) is 2.34. The highest BCUT2D eigenvalue weighted by Gasteiger charge is 2.24. The van der Waals surface area contributed by atoms with E-state index in [4.69, 9.17) is 4.42 Å². The van der Waals surface area contributed by atoms with Crippen LogP contribution in [0.2, 0.25) is 0 Å². The molecule has 22 heavy (non-hydrogen) atoms. The second-order valence-corrected chi connectivity index (χ2v) is 5.70. The molecule has 1 aliphatic rings. The van der Waals surface area contributed by atoms with Gasteiger partial charge in [-0.15, -0.1) is 0 Å². The molecule has 0 saturated carbocycles. The van der Waals surface area contributed by atoms with Crippen molar-refractivity contribution < 1.29 is 14.0 Å². The molecule has 0 aromatic carbocycles. The third-order valence-corrected chi connectivity index (χ3v) is 3.64. The number of nitrogens with one attached hydrogen (secondary N) is 1. The Morgan fingerprint density at radius 1 is 1.27 bits per heavy atom. The van der Waals surface area contributed by atoms with Gasteiger partial charge in [0.15, 0.2) is 5.76 Å². The predicted octanol–water partition coefficient (Wildman–Crippen LogP) is -0.285. The SMILES string of the molecule is CN(C)CCNC(=O)CN1CCN(C(=O)c2ccco2)CC1. The Morgan fingerprint density at radius 3 is 2.59 bits per heavy atom. The van der Waals surface area contributed by atoms with Crippen LogP contribution in [0.5, 0.6) is 0 Å². The minimum absolute atomic E-state index is 0.0349. The van der Waals surface area contributed by atoms with Crippen LogP contribution < -0.4 is 5.32 Å². The van der Waals surface area contributed by atoms with Crippen LogP contribution in [-0.4, -0.2) is 86.4 Å². The second kappa shape index (κ2) is 7.95. The van der Waals surface area contributed by atoms with Gasteiger partial charge in [0, 0.05) is 39.3 Å². The Labute approximate surface area is 130 Å². The molecule has 0 atom stereocenters. The Hall–Kier alpha value is -1.86. The summed E-state index contributed by atoms with van der Waals surface area (Å²) in [5, 5.41) is 2.90. The molecular formula is C15H24N4O3. The Morgan fingerprint density at radius 2 is 2.00 bits per heavy atom. The quantitative estimate of drug-likeness (QED) is 0.782. The van der Waals surface area contributed by atoms with Crippen LogP contribution in [-0.2, 0) is 4.79 Å². The second-order valence-electron chi connectivity index (χ2n) is 5.70. The fourth-order valence-electron chi connectivity index (χ4n) is 2.34. The molecule has 1 N–H and O–H groups in total. The van der Waals surface area contributed by atoms with Crippen LogP contribution in [0.25, 0.3) is 0 Å². The van der Waals surface area contributed by atoms with Crippen LogP contribution >= 0.6 is 0 Å². The summed E-state index contributed by atoms with van der Waals surface area (Å²) in [7, 11) is 3.95. The van der Waals surface area contributed by atoms with Crippen molar-refractivity contribution in [2.24, 2.45) is 0 Å². The summed E-state index contributed by atoms with van der Waals surface area (Å²) in [5.74, 6) is 0.322. The highest BCUT2D eigenvalue weighted by Crippen LogP contribution is 2.09. The highest BCUT2D eigenvalue weighted by atomic mass is 16.3. The van der Waals surface area contributed by atoms with Crippen molar-refractivity contribution in [1.29, 1.82) is 0 Å². The van der Waals surface area contributed by atoms with Crippen molar-refractivity contribution in [3.8, 4) is 0 Å². The first-order valence-electron chi connectivity index (χ1n) is 7.53. The van der Waals surface area contributed by atoms with Gasteiger partial charge in [-0.05, 0) is 26.2 Å². The van der Waals surface area contributed by atoms with Crippen LogP contribution in [0.15, 0.2) is 22.8 Å². The first kappa shape index (κ1) is 16.5. The molecule has 7 heteroatoms. The lowest BCUT2D eigenvalue weighted by atomic mass is 10.3. The highest BCUT2D eigenvalue weighted by molar-refractivity contribution is 5.91. The van der Waals surface area contributed by atoms with Crippen LogP contribution in [0.3, 0.4) is 0 Å². The van der Waals surface area contributed by atoms with Gasteiger partial charge in [-0.2, -0.15) is 0 Å². The lowest BCUT2D eigenvalue weighted by molar-refractivity contribution is -0.122. The van der Waals surface area contributed by atoms with Gasteiger partial charge in [0.1, 0.15) is 0 Å². The van der Waals surface area contributed by atoms with E-state index in [1.165, 1.54) is 6.26 Å². The maximum absolute atomic E-state index is 12.1. The normalized spacial score (nSPS) is 16.0. The third kappa shape index (κ3) is 4.85. The van der Waals surface area contributed by atoms with Gasteiger partial charge in [-0.1, -0.05) is 0 Å². The van der Waals surface area contributed by atoms with E-state index < -0.39 is 0 Å². The minimum Gasteiger partial charge on any atom is -0.459 e. The van der Waals surface area contributed by atoms with Gasteiger partial charge in [0.05, 0.1) is 12.8 Å². The van der Waals surface area contributed by atoms with Crippen molar-refractivity contribution >= 4 is 11.8 Å². The number of rotatable bonds is 6. The van der Waals surface area contributed by atoms with Gasteiger partial charge < -0.3 is 19.5 Å². The number of carbonyl (C=O) groups excluding carboxylic acids is 2. The van der Waals surface area contributed by atoms with E-state index in [-0.39, 0.29) is 11.8 Å². The number of amides is 2. The zero-order valence-corrected chi connectivity index (χ0v) is 13.2. The summed E-state index contributed by atoms with van der Waals surface area (Å²) in [6.45, 7) is 4.51. The number of furan rings is 1. The summed E-state index contributed by atoms with van der Waals surface area (Å²) in [5.41, 5.74) is 0. The lowest BCUT2D eigenvalue weighted by Gasteiger charge is -2.33. The van der Waals surface area contributed by atoms with Crippen molar-refractivity contribution in [3.05, 3.63) is 24.2 Å². The summed E-state index contributed by atoms with van der Waals surface area (Å²) in [4.78, 5) is 29.8. The molecule has 2 amide bonds. The fraction of sp³-hybridized carbons (Fsp3) is 0.600. The summed E-state index contributed by atoms with van der Waals surface area (Å²) in [6.07, 6.45) is 1.50. The third-order valence-electron chi connectivity index (χ3n) is 3.64. The predicted molar refractivity (Wildman–Crippen MR) is 82.6 cm³/mol. The number of piperazine rings is 1. The molecule has 0 unspecified atom stereocenters. The van der Waals surface area contributed by atoms with E-state index in [0.29, 0.717) is 45.0 Å². The zero-order valence-electron chi connectivity index (χ0n) is 13.2. The molecule has 1 aromatic rings. The van der Waals surface area contributed by atoms with Crippen LogP contribution in [0, 0.1) is 0 Å². The van der Waals surface area contributed by atoms with Gasteiger partial charge in [-0.3, -0.25) is 14.5 Å². The van der Waals surface area contributed by atoms with E-state index in [9.17, 15) is 9.59 Å². The van der Waals surface area contributed by atoms with Crippen LogP contribution in [0.4, 0.5) is 0 Å². The number of hydrogen-bond acceptors (Lipinski definition) is 5. The number of nitrogens with zero attached hydrogens (tertiary/aromatic N) is 3. The van der Waals surface area contributed by atoms with Gasteiger partial charge in [-0.25, -0.2) is 0 Å². The van der Waals surface area contributed by atoms with Gasteiger partial charge in [0.25, 0.3) is 5.91 Å². The Balaban J connectivity index is 1.69. The number of hydrogen-bond donors (Lipinski definition) is 1. The van der Waals surface area contributed by atoms with Crippen molar-refractivity contribution in [2.45, 2.75) is 0 Å². The molecule has 122 valence electrons. The van der Waals surface area contributed by atoms with Gasteiger partial charge >= 0.3 is 0 Å². The maximum atomic E-state index is 12.1.